The van der Waals surface area contributed by atoms with E-state index in [1.807, 2.05) is 24.4 Å². The molecule has 23 heavy (non-hydrogen) atoms. The summed E-state index contributed by atoms with van der Waals surface area (Å²) >= 11 is 0. The molecule has 2 heteroatoms. The third-order valence-electron chi connectivity index (χ3n) is 4.15. The number of hydrogen-bond donors (Lipinski definition) is 0. The van der Waals surface area contributed by atoms with Crippen LogP contribution in [0.2, 0.25) is 0 Å². The highest BCUT2D eigenvalue weighted by molar-refractivity contribution is 6.09. The van der Waals surface area contributed by atoms with Gasteiger partial charge in [0.15, 0.2) is 0 Å². The van der Waals surface area contributed by atoms with E-state index in [-0.39, 0.29) is 0 Å². The maximum Gasteiger partial charge on any atom is 0.144 e. The number of pyridine rings is 1. The van der Waals surface area contributed by atoms with Crippen LogP contribution >= 0.6 is 0 Å². The summed E-state index contributed by atoms with van der Waals surface area (Å²) in [7, 11) is 0. The predicted octanol–water partition coefficient (Wildman–Crippen LogP) is 5.85. The van der Waals surface area contributed by atoms with Gasteiger partial charge in [0.1, 0.15) is 11.2 Å². The van der Waals surface area contributed by atoms with Gasteiger partial charge in [0.2, 0.25) is 0 Å². The Balaban J connectivity index is 1.92. The molecule has 0 aliphatic carbocycles. The van der Waals surface area contributed by atoms with Gasteiger partial charge in [0.05, 0.1) is 5.69 Å². The van der Waals surface area contributed by atoms with Crippen molar-refractivity contribution < 1.29 is 4.42 Å². The first kappa shape index (κ1) is 14.0. The lowest BCUT2D eigenvalue weighted by Gasteiger charge is -2.07. The van der Waals surface area contributed by atoms with Crippen LogP contribution in [0.25, 0.3) is 33.2 Å². The Morgan fingerprint density at radius 3 is 2.65 bits per heavy atom. The number of furan rings is 1. The van der Waals surface area contributed by atoms with Crippen molar-refractivity contribution >= 4 is 21.9 Å². The Hall–Kier alpha value is -2.61. The topological polar surface area (TPSA) is 26.0 Å². The van der Waals surface area contributed by atoms with E-state index in [1.54, 1.807) is 0 Å². The van der Waals surface area contributed by atoms with Gasteiger partial charge >= 0.3 is 0 Å². The summed E-state index contributed by atoms with van der Waals surface area (Å²) in [5, 5.41) is 2.30. The van der Waals surface area contributed by atoms with Gasteiger partial charge in [-0.3, -0.25) is 4.98 Å². The molecule has 4 rings (SSSR count). The van der Waals surface area contributed by atoms with Crippen molar-refractivity contribution in [3.05, 3.63) is 66.4 Å². The highest BCUT2D eigenvalue weighted by Crippen LogP contribution is 2.35. The van der Waals surface area contributed by atoms with Gasteiger partial charge in [0.25, 0.3) is 0 Å². The molecule has 2 heterocycles. The SMILES string of the molecule is CC(C)Cc1ccnc(-c2cccc3c2oc2ccccc23)c1. The molecule has 0 aliphatic heterocycles. The van der Waals surface area contributed by atoms with E-state index in [0.717, 1.165) is 39.6 Å². The predicted molar refractivity (Wildman–Crippen MR) is 95.5 cm³/mol. The van der Waals surface area contributed by atoms with Crippen LogP contribution in [0.15, 0.2) is 65.2 Å². The molecule has 114 valence electrons. The maximum atomic E-state index is 6.12. The Morgan fingerprint density at radius 1 is 0.957 bits per heavy atom. The molecule has 0 saturated heterocycles. The summed E-state index contributed by atoms with van der Waals surface area (Å²) < 4.78 is 6.12. The Kier molecular flexibility index (Phi) is 3.38. The molecule has 0 spiro atoms. The highest BCUT2D eigenvalue weighted by Gasteiger charge is 2.12. The van der Waals surface area contributed by atoms with E-state index in [0.29, 0.717) is 5.92 Å². The Bertz CT molecular complexity index is 981. The monoisotopic (exact) mass is 301 g/mol. The van der Waals surface area contributed by atoms with Gasteiger partial charge in [-0.15, -0.1) is 0 Å². The molecule has 4 aromatic rings. The number of hydrogen-bond acceptors (Lipinski definition) is 2. The fourth-order valence-corrected chi connectivity index (χ4v) is 3.17. The summed E-state index contributed by atoms with van der Waals surface area (Å²) in [5.41, 5.74) is 5.20. The molecule has 0 radical (unpaired) electrons. The van der Waals surface area contributed by atoms with Crippen LogP contribution in [0.3, 0.4) is 0 Å². The van der Waals surface area contributed by atoms with E-state index in [2.05, 4.69) is 55.2 Å². The normalized spacial score (nSPS) is 11.6. The van der Waals surface area contributed by atoms with Crippen LogP contribution < -0.4 is 0 Å². The second kappa shape index (κ2) is 5.54. The standard InChI is InChI=1S/C21H19NO/c1-14(2)12-15-10-11-22-19(13-15)18-8-5-7-17-16-6-3-4-9-20(16)23-21(17)18/h3-11,13-14H,12H2,1-2H3. The van der Waals surface area contributed by atoms with E-state index in [1.165, 1.54) is 5.56 Å². The molecule has 0 saturated carbocycles. The number of aromatic nitrogens is 1. The molecule has 0 unspecified atom stereocenters. The van der Waals surface area contributed by atoms with E-state index in [4.69, 9.17) is 4.42 Å². The quantitative estimate of drug-likeness (QED) is 0.474. The fraction of sp³-hybridized carbons (Fsp3) is 0.190. The third kappa shape index (κ3) is 2.50. The summed E-state index contributed by atoms with van der Waals surface area (Å²) in [4.78, 5) is 4.58. The minimum atomic E-state index is 0.632. The maximum absolute atomic E-state index is 6.12. The van der Waals surface area contributed by atoms with Crippen molar-refractivity contribution in [2.45, 2.75) is 20.3 Å². The van der Waals surface area contributed by atoms with Crippen molar-refractivity contribution in [1.29, 1.82) is 0 Å². The first-order valence-corrected chi connectivity index (χ1v) is 8.08. The van der Waals surface area contributed by atoms with Crippen LogP contribution in [0.5, 0.6) is 0 Å². The smallest absolute Gasteiger partial charge is 0.144 e. The van der Waals surface area contributed by atoms with Gasteiger partial charge in [-0.2, -0.15) is 0 Å². The van der Waals surface area contributed by atoms with Gasteiger partial charge in [-0.25, -0.2) is 0 Å². The van der Waals surface area contributed by atoms with Crippen molar-refractivity contribution in [2.75, 3.05) is 0 Å². The number of nitrogens with zero attached hydrogens (tertiary/aromatic N) is 1. The Labute approximate surface area is 135 Å². The fourth-order valence-electron chi connectivity index (χ4n) is 3.17. The lowest BCUT2D eigenvalue weighted by atomic mass is 10.0. The molecule has 0 fully saturated rings. The van der Waals surface area contributed by atoms with Crippen LogP contribution in [0, 0.1) is 5.92 Å². The van der Waals surface area contributed by atoms with E-state index in [9.17, 15) is 0 Å². The van der Waals surface area contributed by atoms with Crippen molar-refractivity contribution in [3.63, 3.8) is 0 Å². The van der Waals surface area contributed by atoms with Crippen molar-refractivity contribution in [3.8, 4) is 11.3 Å². The molecule has 0 bridgehead atoms. The number of para-hydroxylation sites is 2. The second-order valence-corrected chi connectivity index (χ2v) is 6.43. The highest BCUT2D eigenvalue weighted by atomic mass is 16.3. The van der Waals surface area contributed by atoms with Crippen LogP contribution in [-0.2, 0) is 6.42 Å². The lowest BCUT2D eigenvalue weighted by Crippen LogP contribution is -1.95. The molecule has 2 aromatic heterocycles. The summed E-state index contributed by atoms with van der Waals surface area (Å²) in [6.07, 6.45) is 2.96. The van der Waals surface area contributed by atoms with Gasteiger partial charge in [0, 0.05) is 22.5 Å². The minimum absolute atomic E-state index is 0.632. The Morgan fingerprint density at radius 2 is 1.78 bits per heavy atom. The zero-order chi connectivity index (χ0) is 15.8. The van der Waals surface area contributed by atoms with Crippen LogP contribution in [-0.4, -0.2) is 4.98 Å². The average Bonchev–Trinajstić information content (AvgIpc) is 2.93. The molecule has 2 aromatic carbocycles. The molecule has 0 aliphatic rings. The molecule has 2 nitrogen and oxygen atoms in total. The zero-order valence-corrected chi connectivity index (χ0v) is 13.4. The van der Waals surface area contributed by atoms with Crippen molar-refractivity contribution in [1.82, 2.24) is 4.98 Å². The summed E-state index contributed by atoms with van der Waals surface area (Å²) in [5.74, 6) is 0.632. The third-order valence-corrected chi connectivity index (χ3v) is 4.15. The zero-order valence-electron chi connectivity index (χ0n) is 13.4. The van der Waals surface area contributed by atoms with E-state index < -0.39 is 0 Å². The molecule has 0 amide bonds. The van der Waals surface area contributed by atoms with Gasteiger partial charge in [-0.1, -0.05) is 44.2 Å². The van der Waals surface area contributed by atoms with Gasteiger partial charge < -0.3 is 4.42 Å². The van der Waals surface area contributed by atoms with Gasteiger partial charge in [-0.05, 0) is 42.2 Å². The van der Waals surface area contributed by atoms with Crippen LogP contribution in [0.1, 0.15) is 19.4 Å². The number of fused-ring (bicyclic) bond motifs is 3. The largest absolute Gasteiger partial charge is 0.455 e. The number of rotatable bonds is 3. The first-order valence-electron chi connectivity index (χ1n) is 8.08. The molecule has 0 N–H and O–H groups in total. The van der Waals surface area contributed by atoms with E-state index >= 15 is 0 Å². The average molecular weight is 301 g/mol. The first-order chi connectivity index (χ1) is 11.2. The molecular formula is C21H19NO. The van der Waals surface area contributed by atoms with Crippen molar-refractivity contribution in [2.24, 2.45) is 5.92 Å². The van der Waals surface area contributed by atoms with Crippen LogP contribution in [0.4, 0.5) is 0 Å². The second-order valence-electron chi connectivity index (χ2n) is 6.43. The minimum Gasteiger partial charge on any atom is -0.455 e. The molecule has 0 atom stereocenters. The summed E-state index contributed by atoms with van der Waals surface area (Å²) in [6, 6.07) is 18.7. The number of benzene rings is 2. The summed E-state index contributed by atoms with van der Waals surface area (Å²) in [6.45, 7) is 4.47. The molecular weight excluding hydrogens is 282 g/mol. The lowest BCUT2D eigenvalue weighted by molar-refractivity contribution is 0.647.